The molecule has 0 spiro atoms. The summed E-state index contributed by atoms with van der Waals surface area (Å²) in [4.78, 5) is 9.24. The Balaban J connectivity index is 2.14. The lowest BCUT2D eigenvalue weighted by atomic mass is 10.3. The van der Waals surface area contributed by atoms with Gasteiger partial charge in [-0.15, -0.1) is 11.3 Å². The van der Waals surface area contributed by atoms with Crippen molar-refractivity contribution in [1.29, 1.82) is 0 Å². The molecule has 0 atom stereocenters. The summed E-state index contributed by atoms with van der Waals surface area (Å²) in [6.45, 7) is 2.50. The molecule has 0 aliphatic heterocycles. The van der Waals surface area contributed by atoms with E-state index < -0.39 is 11.7 Å². The van der Waals surface area contributed by atoms with Crippen molar-refractivity contribution in [1.82, 2.24) is 19.7 Å². The van der Waals surface area contributed by atoms with E-state index in [2.05, 4.69) is 20.4 Å². The van der Waals surface area contributed by atoms with Crippen LogP contribution in [0.3, 0.4) is 0 Å². The van der Waals surface area contributed by atoms with Gasteiger partial charge in [0.05, 0.1) is 17.1 Å². The molecule has 1 N–H and O–H groups in total. The zero-order chi connectivity index (χ0) is 15.0. The van der Waals surface area contributed by atoms with Crippen LogP contribution in [-0.4, -0.2) is 26.3 Å². The van der Waals surface area contributed by atoms with Crippen molar-refractivity contribution in [2.45, 2.75) is 13.1 Å². The second-order valence-electron chi connectivity index (χ2n) is 4.21. The standard InChI is InChI=1S/C12H10F3N5S/c1-2-16-11-18-9(8-3-4-21-10(8)19-11)20-6-7(5-17-20)12(13,14)15/h3-6H,2H2,1H3,(H,16,18,19). The smallest absolute Gasteiger partial charge is 0.354 e. The Morgan fingerprint density at radius 3 is 2.81 bits per heavy atom. The van der Waals surface area contributed by atoms with Gasteiger partial charge >= 0.3 is 6.18 Å². The second-order valence-corrected chi connectivity index (χ2v) is 5.11. The van der Waals surface area contributed by atoms with Crippen molar-refractivity contribution >= 4 is 27.5 Å². The quantitative estimate of drug-likeness (QED) is 0.806. The first-order valence-corrected chi connectivity index (χ1v) is 6.98. The van der Waals surface area contributed by atoms with Gasteiger partial charge < -0.3 is 5.32 Å². The molecular weight excluding hydrogens is 303 g/mol. The molecule has 0 amide bonds. The normalized spacial score (nSPS) is 12.0. The summed E-state index contributed by atoms with van der Waals surface area (Å²) in [5.41, 5.74) is -0.811. The Morgan fingerprint density at radius 2 is 2.14 bits per heavy atom. The number of fused-ring (bicyclic) bond motifs is 1. The molecule has 3 aromatic heterocycles. The van der Waals surface area contributed by atoms with Crippen molar-refractivity contribution in [3.8, 4) is 5.82 Å². The minimum Gasteiger partial charge on any atom is -0.354 e. The van der Waals surface area contributed by atoms with Gasteiger partial charge in [0.15, 0.2) is 5.82 Å². The van der Waals surface area contributed by atoms with Gasteiger partial charge in [0.25, 0.3) is 0 Å². The van der Waals surface area contributed by atoms with Gasteiger partial charge in [0, 0.05) is 12.7 Å². The lowest BCUT2D eigenvalue weighted by Gasteiger charge is -2.06. The third-order valence-electron chi connectivity index (χ3n) is 2.77. The number of thiophene rings is 1. The monoisotopic (exact) mass is 313 g/mol. The SMILES string of the molecule is CCNc1nc(-n2cc(C(F)(F)F)cn2)c2ccsc2n1. The highest BCUT2D eigenvalue weighted by Gasteiger charge is 2.32. The third-order valence-corrected chi connectivity index (χ3v) is 3.57. The second kappa shape index (κ2) is 4.99. The maximum absolute atomic E-state index is 12.7. The fourth-order valence-electron chi connectivity index (χ4n) is 1.84. The third kappa shape index (κ3) is 2.56. The number of halogens is 3. The largest absolute Gasteiger partial charge is 0.419 e. The summed E-state index contributed by atoms with van der Waals surface area (Å²) < 4.78 is 39.1. The van der Waals surface area contributed by atoms with Crippen LogP contribution in [0, 0.1) is 0 Å². The molecule has 110 valence electrons. The van der Waals surface area contributed by atoms with Crippen molar-refractivity contribution in [3.63, 3.8) is 0 Å². The summed E-state index contributed by atoms with van der Waals surface area (Å²) in [5, 5.41) is 9.20. The van der Waals surface area contributed by atoms with Crippen LogP contribution < -0.4 is 5.32 Å². The number of alkyl halides is 3. The lowest BCUT2D eigenvalue weighted by molar-refractivity contribution is -0.137. The predicted octanol–water partition coefficient (Wildman–Crippen LogP) is 3.33. The zero-order valence-electron chi connectivity index (χ0n) is 10.8. The number of anilines is 1. The molecule has 5 nitrogen and oxygen atoms in total. The van der Waals surface area contributed by atoms with E-state index >= 15 is 0 Å². The van der Waals surface area contributed by atoms with E-state index in [1.807, 2.05) is 12.3 Å². The molecule has 0 aliphatic rings. The predicted molar refractivity (Wildman–Crippen MR) is 73.7 cm³/mol. The van der Waals surface area contributed by atoms with Gasteiger partial charge in [-0.2, -0.15) is 23.3 Å². The molecule has 0 unspecified atom stereocenters. The Hall–Kier alpha value is -2.16. The van der Waals surface area contributed by atoms with Crippen LogP contribution in [0.4, 0.5) is 19.1 Å². The number of nitrogens with zero attached hydrogens (tertiary/aromatic N) is 4. The van der Waals surface area contributed by atoms with Gasteiger partial charge in [-0.05, 0) is 18.4 Å². The van der Waals surface area contributed by atoms with Crippen molar-refractivity contribution in [3.05, 3.63) is 29.4 Å². The number of nitrogens with one attached hydrogen (secondary N) is 1. The van der Waals surface area contributed by atoms with Gasteiger partial charge in [-0.3, -0.25) is 0 Å². The Kier molecular flexibility index (Phi) is 3.28. The molecule has 21 heavy (non-hydrogen) atoms. The van der Waals surface area contributed by atoms with Crippen LogP contribution in [0.15, 0.2) is 23.8 Å². The molecule has 0 aliphatic carbocycles. The van der Waals surface area contributed by atoms with Crippen molar-refractivity contribution in [2.75, 3.05) is 11.9 Å². The van der Waals surface area contributed by atoms with Gasteiger partial charge in [0.1, 0.15) is 4.83 Å². The van der Waals surface area contributed by atoms with Gasteiger partial charge in [-0.1, -0.05) is 0 Å². The molecule has 3 heterocycles. The fourth-order valence-corrected chi connectivity index (χ4v) is 2.60. The maximum atomic E-state index is 12.7. The first kappa shape index (κ1) is 13.8. The first-order valence-electron chi connectivity index (χ1n) is 6.10. The summed E-state index contributed by atoms with van der Waals surface area (Å²) in [6, 6.07) is 1.76. The van der Waals surface area contributed by atoms with Crippen LogP contribution in [0.2, 0.25) is 0 Å². The van der Waals surface area contributed by atoms with Crippen LogP contribution >= 0.6 is 11.3 Å². The summed E-state index contributed by atoms with van der Waals surface area (Å²) in [7, 11) is 0. The highest BCUT2D eigenvalue weighted by molar-refractivity contribution is 7.16. The van der Waals surface area contributed by atoms with Crippen LogP contribution in [0.5, 0.6) is 0 Å². The molecule has 0 radical (unpaired) electrons. The lowest BCUT2D eigenvalue weighted by Crippen LogP contribution is -2.07. The van der Waals surface area contributed by atoms with E-state index in [4.69, 9.17) is 0 Å². The number of hydrogen-bond acceptors (Lipinski definition) is 5. The Bertz CT molecular complexity index is 777. The van der Waals surface area contributed by atoms with E-state index in [-0.39, 0.29) is 0 Å². The molecule has 9 heteroatoms. The Morgan fingerprint density at radius 1 is 1.33 bits per heavy atom. The van der Waals surface area contributed by atoms with E-state index in [9.17, 15) is 13.2 Å². The first-order chi connectivity index (χ1) is 9.99. The van der Waals surface area contributed by atoms with Gasteiger partial charge in [0.2, 0.25) is 5.95 Å². The topological polar surface area (TPSA) is 55.6 Å². The highest BCUT2D eigenvalue weighted by atomic mass is 32.1. The van der Waals surface area contributed by atoms with E-state index in [0.717, 1.165) is 17.1 Å². The highest BCUT2D eigenvalue weighted by Crippen LogP contribution is 2.30. The molecule has 0 saturated carbocycles. The summed E-state index contributed by atoms with van der Waals surface area (Å²) >= 11 is 1.39. The molecule has 0 saturated heterocycles. The fraction of sp³-hybridized carbons (Fsp3) is 0.250. The van der Waals surface area contributed by atoms with E-state index in [1.54, 1.807) is 6.07 Å². The maximum Gasteiger partial charge on any atom is 0.419 e. The van der Waals surface area contributed by atoms with Crippen LogP contribution in [0.1, 0.15) is 12.5 Å². The summed E-state index contributed by atoms with van der Waals surface area (Å²) in [5.74, 6) is 0.694. The molecule has 0 aromatic carbocycles. The van der Waals surface area contributed by atoms with Crippen LogP contribution in [-0.2, 0) is 6.18 Å². The minimum absolute atomic E-state index is 0.327. The average Bonchev–Trinajstić information content (AvgIpc) is 3.06. The van der Waals surface area contributed by atoms with Crippen molar-refractivity contribution in [2.24, 2.45) is 0 Å². The minimum atomic E-state index is -4.43. The molecule has 0 fully saturated rings. The number of aromatic nitrogens is 4. The average molecular weight is 313 g/mol. The van der Waals surface area contributed by atoms with E-state index in [0.29, 0.717) is 28.5 Å². The molecular formula is C12H10F3N5S. The van der Waals surface area contributed by atoms with Crippen LogP contribution in [0.25, 0.3) is 16.0 Å². The van der Waals surface area contributed by atoms with Gasteiger partial charge in [-0.25, -0.2) is 9.67 Å². The molecule has 3 aromatic rings. The number of rotatable bonds is 3. The summed E-state index contributed by atoms with van der Waals surface area (Å²) in [6.07, 6.45) is -2.72. The molecule has 0 bridgehead atoms. The zero-order valence-corrected chi connectivity index (χ0v) is 11.7. The Labute approximate surface area is 121 Å². The molecule has 3 rings (SSSR count). The van der Waals surface area contributed by atoms with E-state index in [1.165, 1.54) is 11.3 Å². The number of hydrogen-bond donors (Lipinski definition) is 1. The van der Waals surface area contributed by atoms with Crippen molar-refractivity contribution < 1.29 is 13.2 Å².